The summed E-state index contributed by atoms with van der Waals surface area (Å²) in [4.78, 5) is 13.2. The number of unbranched alkanes of at least 4 members (excludes halogenated alkanes) is 1. The highest BCUT2D eigenvalue weighted by Gasteiger charge is 2.33. The van der Waals surface area contributed by atoms with Gasteiger partial charge in [0.1, 0.15) is 0 Å². The number of nitrogens with zero attached hydrogens (tertiary/aromatic N) is 1. The zero-order valence-corrected chi connectivity index (χ0v) is 17.2. The first-order valence-corrected chi connectivity index (χ1v) is 11.0. The van der Waals surface area contributed by atoms with E-state index in [-0.39, 0.29) is 17.3 Å². The molecule has 2 rings (SSSR count). The van der Waals surface area contributed by atoms with Crippen molar-refractivity contribution in [1.82, 2.24) is 4.31 Å². The minimum Gasteiger partial charge on any atom is -0.268 e. The van der Waals surface area contributed by atoms with Gasteiger partial charge in [0.2, 0.25) is 0 Å². The topological polar surface area (TPSA) is 54.5 Å². The number of allylic oxidation sites excluding steroid dienone is 1. The maximum absolute atomic E-state index is 13.1. The fraction of sp³-hybridized carbons (Fsp3) is 0.571. The molecule has 144 valence electrons. The first kappa shape index (κ1) is 20.7. The Morgan fingerprint density at radius 1 is 1.19 bits per heavy atom. The molecule has 0 bridgehead atoms. The third-order valence-electron chi connectivity index (χ3n) is 5.22. The Labute approximate surface area is 158 Å². The summed E-state index contributed by atoms with van der Waals surface area (Å²) in [6.07, 6.45) is 6.04. The predicted octanol–water partition coefficient (Wildman–Crippen LogP) is 4.69. The van der Waals surface area contributed by atoms with Gasteiger partial charge in [-0.15, -0.1) is 0 Å². The van der Waals surface area contributed by atoms with Crippen molar-refractivity contribution in [2.45, 2.75) is 64.7 Å². The van der Waals surface area contributed by atoms with Crippen molar-refractivity contribution in [2.24, 2.45) is 11.8 Å². The maximum Gasteiger partial charge on any atom is 0.266 e. The summed E-state index contributed by atoms with van der Waals surface area (Å²) in [7, 11) is -3.83. The van der Waals surface area contributed by atoms with Gasteiger partial charge in [0.25, 0.3) is 15.9 Å². The Morgan fingerprint density at radius 2 is 1.85 bits per heavy atom. The van der Waals surface area contributed by atoms with E-state index in [2.05, 4.69) is 20.8 Å². The Hall–Kier alpha value is -1.62. The van der Waals surface area contributed by atoms with Gasteiger partial charge in [-0.1, -0.05) is 51.0 Å². The number of sulfonamides is 1. The first-order valence-electron chi connectivity index (χ1n) is 9.60. The number of aryl methyl sites for hydroxylation is 1. The number of benzene rings is 1. The van der Waals surface area contributed by atoms with Crippen molar-refractivity contribution in [3.63, 3.8) is 0 Å². The largest absolute Gasteiger partial charge is 0.268 e. The third kappa shape index (κ3) is 4.76. The van der Waals surface area contributed by atoms with Crippen LogP contribution in [0.1, 0.15) is 58.4 Å². The van der Waals surface area contributed by atoms with Crippen LogP contribution in [0.5, 0.6) is 0 Å². The molecular weight excluding hydrogens is 346 g/mol. The maximum atomic E-state index is 13.1. The van der Waals surface area contributed by atoms with Crippen LogP contribution in [0.15, 0.2) is 40.8 Å². The molecule has 5 heteroatoms. The molecule has 4 nitrogen and oxygen atoms in total. The van der Waals surface area contributed by atoms with Crippen LogP contribution < -0.4 is 0 Å². The van der Waals surface area contributed by atoms with Gasteiger partial charge < -0.3 is 0 Å². The van der Waals surface area contributed by atoms with E-state index in [1.807, 2.05) is 13.0 Å². The van der Waals surface area contributed by atoms with E-state index >= 15 is 0 Å². The lowest BCUT2D eigenvalue weighted by Crippen LogP contribution is -2.40. The van der Waals surface area contributed by atoms with Crippen molar-refractivity contribution in [3.8, 4) is 0 Å². The predicted molar refractivity (Wildman–Crippen MR) is 105 cm³/mol. The molecule has 1 aliphatic rings. The first-order chi connectivity index (χ1) is 12.3. The fourth-order valence-corrected chi connectivity index (χ4v) is 4.71. The molecule has 0 radical (unpaired) electrons. The van der Waals surface area contributed by atoms with Crippen LogP contribution in [-0.4, -0.2) is 25.2 Å². The van der Waals surface area contributed by atoms with E-state index in [4.69, 9.17) is 0 Å². The molecule has 0 N–H and O–H groups in total. The van der Waals surface area contributed by atoms with Crippen LogP contribution in [0.2, 0.25) is 0 Å². The molecule has 0 aromatic heterocycles. The number of hydrogen-bond acceptors (Lipinski definition) is 3. The normalized spacial score (nSPS) is 21.3. The Morgan fingerprint density at radius 3 is 2.42 bits per heavy atom. The second-order valence-electron chi connectivity index (χ2n) is 7.56. The molecule has 1 aliphatic heterocycles. The van der Waals surface area contributed by atoms with E-state index in [0.29, 0.717) is 30.3 Å². The number of rotatable bonds is 6. The van der Waals surface area contributed by atoms with Gasteiger partial charge >= 0.3 is 0 Å². The van der Waals surface area contributed by atoms with Crippen molar-refractivity contribution in [1.29, 1.82) is 0 Å². The van der Waals surface area contributed by atoms with Gasteiger partial charge in [0.15, 0.2) is 0 Å². The average Bonchev–Trinajstić information content (AvgIpc) is 2.58. The van der Waals surface area contributed by atoms with E-state index in [1.54, 1.807) is 24.3 Å². The Balaban J connectivity index is 2.40. The summed E-state index contributed by atoms with van der Waals surface area (Å²) in [5.41, 5.74) is 1.64. The third-order valence-corrected chi connectivity index (χ3v) is 7.02. The molecular formula is C21H31NO3S. The zero-order valence-electron chi connectivity index (χ0n) is 16.4. The van der Waals surface area contributed by atoms with Gasteiger partial charge in [0.05, 0.1) is 4.90 Å². The van der Waals surface area contributed by atoms with Gasteiger partial charge in [0, 0.05) is 12.1 Å². The number of amides is 1. The Kier molecular flexibility index (Phi) is 7.04. The molecule has 0 aliphatic carbocycles. The fourth-order valence-electron chi connectivity index (χ4n) is 3.29. The smallest absolute Gasteiger partial charge is 0.266 e. The summed E-state index contributed by atoms with van der Waals surface area (Å²) in [5.74, 6) is 0.493. The van der Waals surface area contributed by atoms with E-state index in [1.165, 1.54) is 0 Å². The van der Waals surface area contributed by atoms with Crippen LogP contribution in [0.3, 0.4) is 0 Å². The quantitative estimate of drug-likeness (QED) is 0.722. The molecule has 1 aromatic carbocycles. The zero-order chi connectivity index (χ0) is 19.3. The lowest BCUT2D eigenvalue weighted by atomic mass is 9.87. The number of carbonyl (C=O) groups is 1. The van der Waals surface area contributed by atoms with Crippen molar-refractivity contribution in [3.05, 3.63) is 41.5 Å². The second kappa shape index (κ2) is 8.85. The van der Waals surface area contributed by atoms with Crippen molar-refractivity contribution in [2.75, 3.05) is 6.54 Å². The van der Waals surface area contributed by atoms with Crippen LogP contribution in [0, 0.1) is 18.8 Å². The number of hydrogen-bond donors (Lipinski definition) is 0. The van der Waals surface area contributed by atoms with Crippen molar-refractivity contribution >= 4 is 15.9 Å². The Bertz CT molecular complexity index is 748. The average molecular weight is 378 g/mol. The number of carbonyl (C=O) groups excluding carboxylic acids is 1. The minimum absolute atomic E-state index is 0.188. The molecule has 1 unspecified atom stereocenters. The van der Waals surface area contributed by atoms with Crippen LogP contribution in [0.4, 0.5) is 0 Å². The highest BCUT2D eigenvalue weighted by molar-refractivity contribution is 7.89. The molecule has 0 spiro atoms. The molecule has 0 saturated carbocycles. The molecule has 1 aromatic rings. The van der Waals surface area contributed by atoms with Crippen molar-refractivity contribution < 1.29 is 13.2 Å². The highest BCUT2D eigenvalue weighted by Crippen LogP contribution is 2.28. The molecule has 1 amide bonds. The summed E-state index contributed by atoms with van der Waals surface area (Å²) < 4.78 is 27.4. The lowest BCUT2D eigenvalue weighted by Gasteiger charge is -2.29. The van der Waals surface area contributed by atoms with Gasteiger partial charge in [-0.2, -0.15) is 0 Å². The standard InChI is InChI=1S/C21H31NO3S/c1-5-6-7-19-11-10-18(16(2)3)14-15-22(21(19)23)26(24,25)20-12-8-17(4)9-13-20/h8-9,11-13,16,18H,5-7,10,14-15H2,1-4H3/b19-11-. The van der Waals surface area contributed by atoms with E-state index in [9.17, 15) is 13.2 Å². The molecule has 26 heavy (non-hydrogen) atoms. The van der Waals surface area contributed by atoms with E-state index < -0.39 is 10.0 Å². The summed E-state index contributed by atoms with van der Waals surface area (Å²) in [6.45, 7) is 8.56. The molecule has 0 saturated heterocycles. The van der Waals surface area contributed by atoms with Gasteiger partial charge in [-0.25, -0.2) is 12.7 Å². The van der Waals surface area contributed by atoms with Gasteiger partial charge in [-0.05, 0) is 56.6 Å². The summed E-state index contributed by atoms with van der Waals surface area (Å²) in [6, 6.07) is 6.72. The molecule has 1 atom stereocenters. The van der Waals surface area contributed by atoms with E-state index in [0.717, 1.165) is 29.1 Å². The SMILES string of the molecule is CCCC/C1=C/CC(C(C)C)CCN(S(=O)(=O)c2ccc(C)cc2)C1=O. The summed E-state index contributed by atoms with van der Waals surface area (Å²) in [5, 5.41) is 0. The molecule has 1 heterocycles. The second-order valence-corrected chi connectivity index (χ2v) is 9.42. The molecule has 0 fully saturated rings. The van der Waals surface area contributed by atoms with Crippen LogP contribution >= 0.6 is 0 Å². The minimum atomic E-state index is -3.83. The van der Waals surface area contributed by atoms with Gasteiger partial charge in [-0.3, -0.25) is 4.79 Å². The van der Waals surface area contributed by atoms with Crippen LogP contribution in [-0.2, 0) is 14.8 Å². The monoisotopic (exact) mass is 377 g/mol. The highest BCUT2D eigenvalue weighted by atomic mass is 32.2. The summed E-state index contributed by atoms with van der Waals surface area (Å²) >= 11 is 0. The lowest BCUT2D eigenvalue weighted by molar-refractivity contribution is -0.123. The van der Waals surface area contributed by atoms with Crippen LogP contribution in [0.25, 0.3) is 0 Å².